The minimum atomic E-state index is -0.425. The number of rotatable bonds is 2. The van der Waals surface area contributed by atoms with Gasteiger partial charge in [-0.1, -0.05) is 11.6 Å². The fourth-order valence-electron chi connectivity index (χ4n) is 1.03. The first-order chi connectivity index (χ1) is 7.77. The molecule has 1 N–H and O–H groups in total. The van der Waals surface area contributed by atoms with Gasteiger partial charge in [-0.05, 0) is 12.1 Å². The number of nitrogens with zero attached hydrogens (tertiary/aromatic N) is 4. The number of hydrogen-bond donors (Lipinski definition) is 1. The van der Waals surface area contributed by atoms with Crippen LogP contribution in [0, 0.1) is 0 Å². The SMILES string of the molecule is O=C(Nc1nccnn1)c1cccnc1Cl. The highest BCUT2D eigenvalue weighted by Gasteiger charge is 2.11. The van der Waals surface area contributed by atoms with Crippen molar-refractivity contribution in [2.24, 2.45) is 0 Å². The van der Waals surface area contributed by atoms with Crippen LogP contribution in [0.3, 0.4) is 0 Å². The molecule has 80 valence electrons. The third-order valence-electron chi connectivity index (χ3n) is 1.71. The maximum Gasteiger partial charge on any atom is 0.261 e. The van der Waals surface area contributed by atoms with Gasteiger partial charge in [0.25, 0.3) is 5.91 Å². The summed E-state index contributed by atoms with van der Waals surface area (Å²) in [5, 5.41) is 9.77. The number of pyridine rings is 1. The Labute approximate surface area is 95.7 Å². The Morgan fingerprint density at radius 1 is 1.25 bits per heavy atom. The summed E-state index contributed by atoms with van der Waals surface area (Å²) < 4.78 is 0. The minimum absolute atomic E-state index is 0.118. The Morgan fingerprint density at radius 2 is 2.12 bits per heavy atom. The molecule has 0 saturated heterocycles. The van der Waals surface area contributed by atoms with Gasteiger partial charge in [0.1, 0.15) is 5.15 Å². The lowest BCUT2D eigenvalue weighted by atomic mass is 10.3. The molecule has 2 rings (SSSR count). The first-order valence-electron chi connectivity index (χ1n) is 4.33. The van der Waals surface area contributed by atoms with Crippen molar-refractivity contribution in [1.29, 1.82) is 0 Å². The van der Waals surface area contributed by atoms with Gasteiger partial charge in [-0.15, -0.1) is 5.10 Å². The zero-order valence-corrected chi connectivity index (χ0v) is 8.72. The van der Waals surface area contributed by atoms with Gasteiger partial charge in [-0.2, -0.15) is 5.10 Å². The van der Waals surface area contributed by atoms with Gasteiger partial charge in [0, 0.05) is 6.20 Å². The van der Waals surface area contributed by atoms with Crippen LogP contribution >= 0.6 is 11.6 Å². The van der Waals surface area contributed by atoms with Gasteiger partial charge >= 0.3 is 0 Å². The van der Waals surface area contributed by atoms with Crippen molar-refractivity contribution >= 4 is 23.5 Å². The van der Waals surface area contributed by atoms with Gasteiger partial charge in [0.05, 0.1) is 18.0 Å². The molecule has 2 aromatic heterocycles. The van der Waals surface area contributed by atoms with Crippen LogP contribution in [0.15, 0.2) is 30.7 Å². The van der Waals surface area contributed by atoms with Crippen LogP contribution < -0.4 is 5.32 Å². The van der Waals surface area contributed by atoms with E-state index in [1.807, 2.05) is 0 Å². The van der Waals surface area contributed by atoms with Gasteiger partial charge < -0.3 is 0 Å². The van der Waals surface area contributed by atoms with Crippen LogP contribution in [0.5, 0.6) is 0 Å². The molecule has 0 radical (unpaired) electrons. The van der Waals surface area contributed by atoms with Crippen LogP contribution in [-0.4, -0.2) is 26.1 Å². The quantitative estimate of drug-likeness (QED) is 0.791. The Morgan fingerprint density at radius 3 is 2.81 bits per heavy atom. The van der Waals surface area contributed by atoms with Crippen LogP contribution in [0.2, 0.25) is 5.15 Å². The summed E-state index contributed by atoms with van der Waals surface area (Å²) in [4.78, 5) is 19.3. The highest BCUT2D eigenvalue weighted by Crippen LogP contribution is 2.12. The molecule has 0 fully saturated rings. The number of carbonyl (C=O) groups excluding carboxylic acids is 1. The third-order valence-corrected chi connectivity index (χ3v) is 2.01. The summed E-state index contributed by atoms with van der Waals surface area (Å²) in [5.41, 5.74) is 0.261. The Hall–Kier alpha value is -2.08. The maximum atomic E-state index is 11.7. The minimum Gasteiger partial charge on any atom is -0.289 e. The molecule has 6 nitrogen and oxygen atoms in total. The van der Waals surface area contributed by atoms with E-state index in [1.165, 1.54) is 18.6 Å². The number of amides is 1. The van der Waals surface area contributed by atoms with Crippen molar-refractivity contribution < 1.29 is 4.79 Å². The van der Waals surface area contributed by atoms with Crippen molar-refractivity contribution in [2.75, 3.05) is 5.32 Å². The van der Waals surface area contributed by atoms with E-state index in [1.54, 1.807) is 12.1 Å². The summed E-state index contributed by atoms with van der Waals surface area (Å²) in [7, 11) is 0. The second-order valence-corrected chi connectivity index (χ2v) is 3.12. The van der Waals surface area contributed by atoms with Crippen molar-refractivity contribution in [3.8, 4) is 0 Å². The standard InChI is InChI=1S/C9H6ClN5O/c10-7-6(2-1-3-11-7)8(16)14-9-12-4-5-13-15-9/h1-5H,(H,12,14,15,16). The third kappa shape index (κ3) is 2.29. The molecule has 0 bridgehead atoms. The fourth-order valence-corrected chi connectivity index (χ4v) is 1.23. The van der Waals surface area contributed by atoms with E-state index < -0.39 is 5.91 Å². The van der Waals surface area contributed by atoms with E-state index in [2.05, 4.69) is 25.5 Å². The van der Waals surface area contributed by atoms with E-state index in [4.69, 9.17) is 11.6 Å². The van der Waals surface area contributed by atoms with Crippen LogP contribution in [0.4, 0.5) is 5.95 Å². The normalized spacial score (nSPS) is 9.81. The molecular formula is C9H6ClN5O. The molecule has 0 spiro atoms. The van der Waals surface area contributed by atoms with E-state index in [9.17, 15) is 4.79 Å². The number of aromatic nitrogens is 4. The lowest BCUT2D eigenvalue weighted by Gasteiger charge is -2.02. The van der Waals surface area contributed by atoms with Gasteiger partial charge in [-0.25, -0.2) is 9.97 Å². The topological polar surface area (TPSA) is 80.7 Å². The number of anilines is 1. The summed E-state index contributed by atoms with van der Waals surface area (Å²) in [6, 6.07) is 3.17. The molecule has 0 atom stereocenters. The molecule has 2 aromatic rings. The van der Waals surface area contributed by atoms with E-state index in [-0.39, 0.29) is 16.7 Å². The second kappa shape index (κ2) is 4.63. The van der Waals surface area contributed by atoms with Crippen molar-refractivity contribution in [2.45, 2.75) is 0 Å². The van der Waals surface area contributed by atoms with Crippen LogP contribution in [0.1, 0.15) is 10.4 Å². The largest absolute Gasteiger partial charge is 0.289 e. The van der Waals surface area contributed by atoms with E-state index in [0.717, 1.165) is 0 Å². The molecule has 0 aromatic carbocycles. The van der Waals surface area contributed by atoms with Gasteiger partial charge in [0.15, 0.2) is 0 Å². The van der Waals surface area contributed by atoms with E-state index >= 15 is 0 Å². The number of hydrogen-bond acceptors (Lipinski definition) is 5. The van der Waals surface area contributed by atoms with Crippen molar-refractivity contribution in [3.63, 3.8) is 0 Å². The summed E-state index contributed by atoms with van der Waals surface area (Å²) in [5.74, 6) is -0.307. The molecule has 1 amide bonds. The highest BCUT2D eigenvalue weighted by atomic mass is 35.5. The van der Waals surface area contributed by atoms with Gasteiger partial charge in [-0.3, -0.25) is 10.1 Å². The molecule has 0 aliphatic carbocycles. The lowest BCUT2D eigenvalue weighted by Crippen LogP contribution is -2.15. The predicted octanol–water partition coefficient (Wildman–Crippen LogP) is 1.17. The molecule has 16 heavy (non-hydrogen) atoms. The summed E-state index contributed by atoms with van der Waals surface area (Å²) >= 11 is 5.76. The lowest BCUT2D eigenvalue weighted by molar-refractivity contribution is 0.102. The molecule has 7 heteroatoms. The molecule has 0 aliphatic rings. The number of carbonyl (C=O) groups is 1. The number of halogens is 1. The second-order valence-electron chi connectivity index (χ2n) is 2.76. The molecule has 0 unspecified atom stereocenters. The average molecular weight is 236 g/mol. The Balaban J connectivity index is 2.19. The van der Waals surface area contributed by atoms with Crippen LogP contribution in [-0.2, 0) is 0 Å². The number of nitrogens with one attached hydrogen (secondary N) is 1. The maximum absolute atomic E-state index is 11.7. The Kier molecular flexibility index (Phi) is 3.02. The average Bonchev–Trinajstić information content (AvgIpc) is 2.31. The van der Waals surface area contributed by atoms with Crippen molar-refractivity contribution in [1.82, 2.24) is 20.2 Å². The first kappa shape index (κ1) is 10.4. The smallest absolute Gasteiger partial charge is 0.261 e. The molecular weight excluding hydrogens is 230 g/mol. The van der Waals surface area contributed by atoms with E-state index in [0.29, 0.717) is 0 Å². The Bertz CT molecular complexity index is 504. The predicted molar refractivity (Wildman–Crippen MR) is 57.0 cm³/mol. The molecule has 0 saturated carbocycles. The monoisotopic (exact) mass is 235 g/mol. The highest BCUT2D eigenvalue weighted by molar-refractivity contribution is 6.33. The summed E-state index contributed by atoms with van der Waals surface area (Å²) in [6.07, 6.45) is 4.33. The first-order valence-corrected chi connectivity index (χ1v) is 4.71. The fraction of sp³-hybridized carbons (Fsp3) is 0. The van der Waals surface area contributed by atoms with Gasteiger partial charge in [0.2, 0.25) is 5.95 Å². The zero-order chi connectivity index (χ0) is 11.4. The summed E-state index contributed by atoms with van der Waals surface area (Å²) in [6.45, 7) is 0. The van der Waals surface area contributed by atoms with Crippen molar-refractivity contribution in [3.05, 3.63) is 41.4 Å². The molecule has 2 heterocycles. The molecule has 0 aliphatic heterocycles. The van der Waals surface area contributed by atoms with Crippen LogP contribution in [0.25, 0.3) is 0 Å². The zero-order valence-electron chi connectivity index (χ0n) is 7.96.